The molecule has 0 aliphatic carbocycles. The van der Waals surface area contributed by atoms with E-state index in [0.29, 0.717) is 34.8 Å². The summed E-state index contributed by atoms with van der Waals surface area (Å²) >= 11 is 3.38. The van der Waals surface area contributed by atoms with E-state index in [-0.39, 0.29) is 11.8 Å². The van der Waals surface area contributed by atoms with Crippen LogP contribution in [0.1, 0.15) is 47.1 Å². The lowest BCUT2D eigenvalue weighted by atomic mass is 10.1. The molecular weight excluding hydrogens is 526 g/mol. The van der Waals surface area contributed by atoms with Crippen molar-refractivity contribution in [2.45, 2.75) is 32.9 Å². The van der Waals surface area contributed by atoms with Crippen LogP contribution in [0.5, 0.6) is 5.75 Å². The minimum atomic E-state index is -0.562. The number of carbonyl (C=O) groups is 3. The largest absolute Gasteiger partial charge is 0.495 e. The van der Waals surface area contributed by atoms with Crippen LogP contribution in [0.4, 0.5) is 16.2 Å². The van der Waals surface area contributed by atoms with Gasteiger partial charge in [-0.05, 0) is 90.8 Å². The van der Waals surface area contributed by atoms with Crippen molar-refractivity contribution >= 4 is 45.2 Å². The van der Waals surface area contributed by atoms with Gasteiger partial charge in [0, 0.05) is 35.1 Å². The molecule has 188 valence electrons. The summed E-state index contributed by atoms with van der Waals surface area (Å²) in [5.74, 6) is -0.00620. The fourth-order valence-electron chi connectivity index (χ4n) is 3.11. The van der Waals surface area contributed by atoms with E-state index < -0.39 is 11.7 Å². The predicted octanol–water partition coefficient (Wildman–Crippen LogP) is 5.99. The second-order valence-electron chi connectivity index (χ2n) is 8.89. The van der Waals surface area contributed by atoms with Crippen molar-refractivity contribution in [1.82, 2.24) is 5.32 Å². The number of nitrogens with one attached hydrogen (secondary N) is 3. The van der Waals surface area contributed by atoms with E-state index in [9.17, 15) is 14.4 Å². The molecule has 0 aliphatic rings. The fraction of sp³-hybridized carbons (Fsp3) is 0.222. The molecule has 9 heteroatoms. The van der Waals surface area contributed by atoms with Crippen LogP contribution in [-0.4, -0.2) is 30.6 Å². The number of anilines is 2. The van der Waals surface area contributed by atoms with Crippen LogP contribution in [0.2, 0.25) is 0 Å². The first-order chi connectivity index (χ1) is 17.0. The van der Waals surface area contributed by atoms with Crippen molar-refractivity contribution < 1.29 is 23.9 Å². The monoisotopic (exact) mass is 553 g/mol. The SMILES string of the molecule is COc1cc(NC(=O)c2ccc(C(=O)Nc3ccc(CNC(=O)OC(C)(C)C)cc3)cc2)ccc1Br. The normalized spacial score (nSPS) is 10.8. The standard InChI is InChI=1S/C27H28BrN3O5/c1-27(2,3)36-26(34)29-16-17-5-11-20(12-6-17)30-24(32)18-7-9-19(10-8-18)25(33)31-21-13-14-22(28)23(15-21)35-4/h5-15H,16H2,1-4H3,(H,29,34)(H,30,32)(H,31,33). The van der Waals surface area contributed by atoms with Gasteiger partial charge in [-0.3, -0.25) is 9.59 Å². The molecule has 3 rings (SSSR count). The maximum absolute atomic E-state index is 12.6. The van der Waals surface area contributed by atoms with E-state index in [1.165, 1.54) is 0 Å². The highest BCUT2D eigenvalue weighted by atomic mass is 79.9. The van der Waals surface area contributed by atoms with Gasteiger partial charge in [-0.2, -0.15) is 0 Å². The molecule has 0 fully saturated rings. The Labute approximate surface area is 218 Å². The van der Waals surface area contributed by atoms with Gasteiger partial charge in [-0.1, -0.05) is 12.1 Å². The number of alkyl carbamates (subject to hydrolysis) is 1. The molecule has 0 aromatic heterocycles. The van der Waals surface area contributed by atoms with Gasteiger partial charge in [0.15, 0.2) is 0 Å². The molecule has 0 saturated carbocycles. The zero-order chi connectivity index (χ0) is 26.3. The molecule has 3 amide bonds. The molecular formula is C27H28BrN3O5. The van der Waals surface area contributed by atoms with Gasteiger partial charge in [0.2, 0.25) is 0 Å². The molecule has 3 aromatic rings. The molecule has 3 N–H and O–H groups in total. The summed E-state index contributed by atoms with van der Waals surface area (Å²) in [5.41, 5.74) is 2.31. The smallest absolute Gasteiger partial charge is 0.407 e. The van der Waals surface area contributed by atoms with Crippen LogP contribution in [0.15, 0.2) is 71.2 Å². The van der Waals surface area contributed by atoms with E-state index in [1.54, 1.807) is 94.6 Å². The van der Waals surface area contributed by atoms with Crippen LogP contribution < -0.4 is 20.7 Å². The van der Waals surface area contributed by atoms with E-state index in [1.807, 2.05) is 0 Å². The minimum absolute atomic E-state index is 0.304. The number of hydrogen-bond donors (Lipinski definition) is 3. The van der Waals surface area contributed by atoms with E-state index in [0.717, 1.165) is 10.0 Å². The van der Waals surface area contributed by atoms with Crippen molar-refractivity contribution in [2.24, 2.45) is 0 Å². The van der Waals surface area contributed by atoms with Gasteiger partial charge < -0.3 is 25.4 Å². The molecule has 0 heterocycles. The highest BCUT2D eigenvalue weighted by Crippen LogP contribution is 2.28. The molecule has 3 aromatic carbocycles. The number of rotatable bonds is 7. The molecule has 0 atom stereocenters. The zero-order valence-corrected chi connectivity index (χ0v) is 22.1. The average Bonchev–Trinajstić information content (AvgIpc) is 2.83. The third-order valence-corrected chi connectivity index (χ3v) is 5.52. The van der Waals surface area contributed by atoms with Crippen LogP contribution in [-0.2, 0) is 11.3 Å². The van der Waals surface area contributed by atoms with Crippen molar-refractivity contribution in [3.05, 3.63) is 87.9 Å². The number of amides is 3. The second kappa shape index (κ2) is 11.7. The topological polar surface area (TPSA) is 106 Å². The van der Waals surface area contributed by atoms with E-state index in [4.69, 9.17) is 9.47 Å². The van der Waals surface area contributed by atoms with Crippen LogP contribution in [0.3, 0.4) is 0 Å². The molecule has 8 nitrogen and oxygen atoms in total. The molecule has 0 spiro atoms. The molecule has 36 heavy (non-hydrogen) atoms. The fourth-order valence-corrected chi connectivity index (χ4v) is 3.52. The van der Waals surface area contributed by atoms with Gasteiger partial charge in [-0.25, -0.2) is 4.79 Å². The lowest BCUT2D eigenvalue weighted by Gasteiger charge is -2.19. The number of carbonyl (C=O) groups excluding carboxylic acids is 3. The number of ether oxygens (including phenoxy) is 2. The Bertz CT molecular complexity index is 1240. The van der Waals surface area contributed by atoms with Crippen LogP contribution in [0, 0.1) is 0 Å². The molecule has 0 radical (unpaired) electrons. The summed E-state index contributed by atoms with van der Waals surface area (Å²) in [4.78, 5) is 37.0. The van der Waals surface area contributed by atoms with Crippen molar-refractivity contribution in [2.75, 3.05) is 17.7 Å². The van der Waals surface area contributed by atoms with Gasteiger partial charge in [0.1, 0.15) is 11.4 Å². The summed E-state index contributed by atoms with van der Waals surface area (Å²) in [6.45, 7) is 5.70. The van der Waals surface area contributed by atoms with Crippen molar-refractivity contribution in [1.29, 1.82) is 0 Å². The quantitative estimate of drug-likeness (QED) is 0.333. The first kappa shape index (κ1) is 26.7. The summed E-state index contributed by atoms with van der Waals surface area (Å²) < 4.78 is 11.2. The minimum Gasteiger partial charge on any atom is -0.495 e. The first-order valence-electron chi connectivity index (χ1n) is 11.2. The highest BCUT2D eigenvalue weighted by Gasteiger charge is 2.16. The molecule has 0 aliphatic heterocycles. The van der Waals surface area contributed by atoms with Crippen LogP contribution >= 0.6 is 15.9 Å². The first-order valence-corrected chi connectivity index (χ1v) is 12.0. The second-order valence-corrected chi connectivity index (χ2v) is 9.74. The Morgan fingerprint density at radius 3 is 1.86 bits per heavy atom. The molecule has 0 unspecified atom stereocenters. The number of hydrogen-bond acceptors (Lipinski definition) is 5. The molecule has 0 saturated heterocycles. The lowest BCUT2D eigenvalue weighted by Crippen LogP contribution is -2.32. The summed E-state index contributed by atoms with van der Waals surface area (Å²) in [6, 6.07) is 18.7. The Balaban J connectivity index is 1.54. The Hall–Kier alpha value is -3.85. The molecule has 0 bridgehead atoms. The zero-order valence-electron chi connectivity index (χ0n) is 20.5. The van der Waals surface area contributed by atoms with E-state index >= 15 is 0 Å². The maximum atomic E-state index is 12.6. The van der Waals surface area contributed by atoms with Crippen LogP contribution in [0.25, 0.3) is 0 Å². The number of halogens is 1. The maximum Gasteiger partial charge on any atom is 0.407 e. The van der Waals surface area contributed by atoms with E-state index in [2.05, 4.69) is 31.9 Å². The predicted molar refractivity (Wildman–Crippen MR) is 143 cm³/mol. The van der Waals surface area contributed by atoms with Gasteiger partial charge in [0.25, 0.3) is 11.8 Å². The highest BCUT2D eigenvalue weighted by molar-refractivity contribution is 9.10. The Morgan fingerprint density at radius 2 is 1.33 bits per heavy atom. The number of methoxy groups -OCH3 is 1. The van der Waals surface area contributed by atoms with Crippen molar-refractivity contribution in [3.8, 4) is 5.75 Å². The third kappa shape index (κ3) is 7.84. The van der Waals surface area contributed by atoms with Gasteiger partial charge >= 0.3 is 6.09 Å². The summed E-state index contributed by atoms with van der Waals surface area (Å²) in [6.07, 6.45) is -0.492. The summed E-state index contributed by atoms with van der Waals surface area (Å²) in [7, 11) is 1.55. The third-order valence-electron chi connectivity index (χ3n) is 4.87. The van der Waals surface area contributed by atoms with Gasteiger partial charge in [0.05, 0.1) is 11.6 Å². The van der Waals surface area contributed by atoms with Crippen molar-refractivity contribution in [3.63, 3.8) is 0 Å². The Morgan fingerprint density at radius 1 is 0.806 bits per heavy atom. The number of benzene rings is 3. The lowest BCUT2D eigenvalue weighted by molar-refractivity contribution is 0.0523. The summed E-state index contributed by atoms with van der Waals surface area (Å²) in [5, 5.41) is 8.32. The average molecular weight is 554 g/mol. The van der Waals surface area contributed by atoms with Gasteiger partial charge in [-0.15, -0.1) is 0 Å². The Kier molecular flexibility index (Phi) is 8.71.